The second-order valence-corrected chi connectivity index (χ2v) is 10.4. The molecule has 1 aliphatic carbocycles. The number of aryl methyl sites for hydroxylation is 1. The third kappa shape index (κ3) is 5.13. The summed E-state index contributed by atoms with van der Waals surface area (Å²) in [5, 5.41) is 10.5. The molecular weight excluding hydrogens is 492 g/mol. The molecule has 0 spiro atoms. The Morgan fingerprint density at radius 1 is 1.24 bits per heavy atom. The highest BCUT2D eigenvalue weighted by Crippen LogP contribution is 2.43. The number of pyridine rings is 1. The molecule has 2 aromatic heterocycles. The number of hydrogen-bond donors (Lipinski definition) is 2. The van der Waals surface area contributed by atoms with Crippen molar-refractivity contribution in [3.8, 4) is 0 Å². The predicted molar refractivity (Wildman–Crippen MR) is 141 cm³/mol. The number of imidazole rings is 1. The van der Waals surface area contributed by atoms with Gasteiger partial charge in [-0.25, -0.2) is 9.78 Å². The highest BCUT2D eigenvalue weighted by Gasteiger charge is 2.35. The van der Waals surface area contributed by atoms with E-state index in [1.807, 2.05) is 35.9 Å². The summed E-state index contributed by atoms with van der Waals surface area (Å²) >= 11 is 6.51. The first kappa shape index (κ1) is 25.4. The van der Waals surface area contributed by atoms with Crippen molar-refractivity contribution in [3.63, 3.8) is 0 Å². The minimum absolute atomic E-state index is 0.164. The van der Waals surface area contributed by atoms with E-state index in [1.165, 1.54) is 13.8 Å². The number of aromatic nitrogens is 3. The Hall–Kier alpha value is -3.24. The molecule has 1 saturated heterocycles. The van der Waals surface area contributed by atoms with Crippen molar-refractivity contribution >= 4 is 29.3 Å². The molecule has 0 saturated carbocycles. The van der Waals surface area contributed by atoms with Gasteiger partial charge in [-0.1, -0.05) is 23.7 Å². The number of carbonyl (C=O) groups excluding carboxylic acids is 1. The van der Waals surface area contributed by atoms with Crippen LogP contribution in [0.5, 0.6) is 0 Å². The lowest BCUT2D eigenvalue weighted by molar-refractivity contribution is -0.140. The lowest BCUT2D eigenvalue weighted by Gasteiger charge is -2.40. The maximum atomic E-state index is 12.5. The molecule has 1 unspecified atom stereocenters. The molecule has 1 aliphatic heterocycles. The molecule has 0 radical (unpaired) electrons. The molecule has 3 heterocycles. The summed E-state index contributed by atoms with van der Waals surface area (Å²) < 4.78 is 7.08. The van der Waals surface area contributed by atoms with Crippen molar-refractivity contribution in [1.82, 2.24) is 24.3 Å². The van der Waals surface area contributed by atoms with Gasteiger partial charge in [-0.15, -0.1) is 0 Å². The molecule has 10 heteroatoms. The van der Waals surface area contributed by atoms with E-state index < -0.39 is 17.9 Å². The Kier molecular flexibility index (Phi) is 6.80. The minimum Gasteiger partial charge on any atom is -0.418 e. The van der Waals surface area contributed by atoms with Crippen molar-refractivity contribution in [3.05, 3.63) is 82.2 Å². The molecule has 1 aromatic carbocycles. The fourth-order valence-electron chi connectivity index (χ4n) is 5.08. The zero-order valence-corrected chi connectivity index (χ0v) is 21.9. The summed E-state index contributed by atoms with van der Waals surface area (Å²) in [4.78, 5) is 25.5. The van der Waals surface area contributed by atoms with E-state index in [0.29, 0.717) is 31.2 Å². The quantitative estimate of drug-likeness (QED) is 0.504. The van der Waals surface area contributed by atoms with Gasteiger partial charge in [-0.2, -0.15) is 0 Å². The summed E-state index contributed by atoms with van der Waals surface area (Å²) in [6.45, 7) is 5.02. The summed E-state index contributed by atoms with van der Waals surface area (Å²) in [5.74, 6) is -1.52. The Bertz CT molecular complexity index is 1340. The second-order valence-electron chi connectivity index (χ2n) is 9.96. The number of fused-ring (bicyclic) bond motifs is 2. The SMILES string of the molecule is Cn1cncc1C(N)C1=Cc2cccnc2[C@@H](N2CCN(C(=O)OC(C)(C)O)CC2)c2ccc(Cl)cc21. The van der Waals surface area contributed by atoms with Crippen LogP contribution in [0.25, 0.3) is 11.6 Å². The van der Waals surface area contributed by atoms with Gasteiger partial charge in [0.15, 0.2) is 0 Å². The number of nitrogens with zero attached hydrogens (tertiary/aromatic N) is 5. The monoisotopic (exact) mass is 522 g/mol. The number of piperazine rings is 1. The van der Waals surface area contributed by atoms with Crippen LogP contribution in [0.4, 0.5) is 4.79 Å². The van der Waals surface area contributed by atoms with Crippen molar-refractivity contribution in [1.29, 1.82) is 0 Å². The number of rotatable bonds is 4. The van der Waals surface area contributed by atoms with Crippen LogP contribution in [0.15, 0.2) is 49.1 Å². The first-order valence-electron chi connectivity index (χ1n) is 12.2. The van der Waals surface area contributed by atoms with Gasteiger partial charge in [0, 0.05) is 58.3 Å². The molecule has 9 nitrogen and oxygen atoms in total. The first-order valence-corrected chi connectivity index (χ1v) is 12.6. The topological polar surface area (TPSA) is 110 Å². The van der Waals surface area contributed by atoms with Gasteiger partial charge in [0.1, 0.15) is 0 Å². The maximum absolute atomic E-state index is 12.5. The number of amides is 1. The van der Waals surface area contributed by atoms with E-state index in [2.05, 4.69) is 22.0 Å². The van der Waals surface area contributed by atoms with Gasteiger partial charge in [0.2, 0.25) is 5.79 Å². The standard InChI is InChI=1S/C27H31ClN6O3/c1-27(2,36)37-26(35)34-11-9-33(10-12-34)25-19-7-6-18(28)14-20(19)21(13-17-5-4-8-31-24(17)25)23(29)22-15-30-16-32(22)3/h4-8,13-16,23,25,36H,9-12,29H2,1-3H3/t23?,25-/m0/s1. The van der Waals surface area contributed by atoms with Crippen molar-refractivity contribution in [2.75, 3.05) is 26.2 Å². The van der Waals surface area contributed by atoms with Crippen molar-refractivity contribution < 1.29 is 14.6 Å². The van der Waals surface area contributed by atoms with E-state index in [1.54, 1.807) is 23.6 Å². The molecular formula is C27H31ClN6O3. The smallest absolute Gasteiger partial charge is 0.412 e. The fraction of sp³-hybridized carbons (Fsp3) is 0.370. The fourth-order valence-corrected chi connectivity index (χ4v) is 5.26. The van der Waals surface area contributed by atoms with Crippen molar-refractivity contribution in [2.24, 2.45) is 12.8 Å². The van der Waals surface area contributed by atoms with Crippen LogP contribution >= 0.6 is 11.6 Å². The van der Waals surface area contributed by atoms with Gasteiger partial charge in [-0.05, 0) is 46.5 Å². The number of benzene rings is 1. The molecule has 37 heavy (non-hydrogen) atoms. The first-order chi connectivity index (χ1) is 17.6. The summed E-state index contributed by atoms with van der Waals surface area (Å²) in [5.41, 5.74) is 12.6. The lowest BCUT2D eigenvalue weighted by Crippen LogP contribution is -2.51. The highest BCUT2D eigenvalue weighted by atomic mass is 35.5. The maximum Gasteiger partial charge on any atom is 0.412 e. The van der Waals surface area contributed by atoms with E-state index in [9.17, 15) is 9.90 Å². The van der Waals surface area contributed by atoms with Crippen LogP contribution in [0.2, 0.25) is 5.02 Å². The van der Waals surface area contributed by atoms with Crippen LogP contribution in [0, 0.1) is 0 Å². The van der Waals surface area contributed by atoms with Gasteiger partial charge in [0.05, 0.1) is 36.0 Å². The van der Waals surface area contributed by atoms with Crippen LogP contribution in [-0.4, -0.2) is 67.5 Å². The number of halogens is 1. The molecule has 1 fully saturated rings. The Morgan fingerprint density at radius 3 is 2.68 bits per heavy atom. The summed E-state index contributed by atoms with van der Waals surface area (Å²) in [6.07, 6.45) is 6.91. The average Bonchev–Trinajstić information content (AvgIpc) is 3.23. The molecule has 194 valence electrons. The Labute approximate surface area is 221 Å². The third-order valence-corrected chi connectivity index (χ3v) is 7.08. The van der Waals surface area contributed by atoms with Gasteiger partial charge >= 0.3 is 6.09 Å². The average molecular weight is 523 g/mol. The highest BCUT2D eigenvalue weighted by molar-refractivity contribution is 6.30. The molecule has 0 bridgehead atoms. The molecule has 3 N–H and O–H groups in total. The Morgan fingerprint density at radius 2 is 2.00 bits per heavy atom. The normalized spacial score (nSPS) is 18.9. The van der Waals surface area contributed by atoms with E-state index in [4.69, 9.17) is 27.1 Å². The summed E-state index contributed by atoms with van der Waals surface area (Å²) in [6, 6.07) is 9.29. The number of carbonyl (C=O) groups is 1. The molecule has 5 rings (SSSR count). The predicted octanol–water partition coefficient (Wildman–Crippen LogP) is 3.59. The minimum atomic E-state index is -1.52. The number of ether oxygens (including phenoxy) is 1. The number of nitrogens with two attached hydrogens (primary N) is 1. The van der Waals surface area contributed by atoms with Gasteiger partial charge in [0.25, 0.3) is 0 Å². The second kappa shape index (κ2) is 9.90. The van der Waals surface area contributed by atoms with Crippen molar-refractivity contribution in [2.45, 2.75) is 31.7 Å². The van der Waals surface area contributed by atoms with E-state index in [0.717, 1.165) is 33.7 Å². The van der Waals surface area contributed by atoms with Crippen LogP contribution in [0.1, 0.15) is 54.0 Å². The third-order valence-electron chi connectivity index (χ3n) is 6.84. The lowest BCUT2D eigenvalue weighted by atomic mass is 9.90. The van der Waals surface area contributed by atoms with Crippen LogP contribution in [-0.2, 0) is 11.8 Å². The molecule has 1 amide bonds. The molecule has 2 aliphatic rings. The number of hydrogen-bond acceptors (Lipinski definition) is 7. The van der Waals surface area contributed by atoms with E-state index in [-0.39, 0.29) is 6.04 Å². The Balaban J connectivity index is 1.53. The zero-order chi connectivity index (χ0) is 26.3. The van der Waals surface area contributed by atoms with Gasteiger partial charge < -0.3 is 25.0 Å². The summed E-state index contributed by atoms with van der Waals surface area (Å²) in [7, 11) is 1.93. The largest absolute Gasteiger partial charge is 0.418 e. The van der Waals surface area contributed by atoms with Crippen LogP contribution < -0.4 is 5.73 Å². The van der Waals surface area contributed by atoms with Gasteiger partial charge in [-0.3, -0.25) is 9.88 Å². The molecule has 3 aromatic rings. The zero-order valence-electron chi connectivity index (χ0n) is 21.1. The number of aliphatic hydroxyl groups is 1. The molecule has 2 atom stereocenters. The van der Waals surface area contributed by atoms with Crippen LogP contribution in [0.3, 0.4) is 0 Å². The van der Waals surface area contributed by atoms with E-state index >= 15 is 0 Å².